The summed E-state index contributed by atoms with van der Waals surface area (Å²) in [6.45, 7) is 5.50. The van der Waals surface area contributed by atoms with Crippen LogP contribution < -0.4 is 15.0 Å². The monoisotopic (exact) mass is 476 g/mol. The highest BCUT2D eigenvalue weighted by molar-refractivity contribution is 5.83. The maximum atomic E-state index is 15.0. The Morgan fingerprint density at radius 2 is 1.91 bits per heavy atom. The molecule has 1 saturated heterocycles. The summed E-state index contributed by atoms with van der Waals surface area (Å²) < 4.78 is 35.0. The lowest BCUT2D eigenvalue weighted by Crippen LogP contribution is -2.44. The van der Waals surface area contributed by atoms with Crippen LogP contribution in [0.4, 0.5) is 26.1 Å². The molecule has 3 aromatic heterocycles. The fourth-order valence-electron chi connectivity index (χ4n) is 3.99. The Hall–Kier alpha value is -4.30. The number of halogens is 2. The zero-order chi connectivity index (χ0) is 24.5. The van der Waals surface area contributed by atoms with E-state index < -0.39 is 11.6 Å². The zero-order valence-electron chi connectivity index (χ0n) is 19.1. The average molecular weight is 476 g/mol. The van der Waals surface area contributed by atoms with Gasteiger partial charge in [-0.2, -0.15) is 5.26 Å². The number of aryl methyl sites for hydroxylation is 1. The number of nitrogens with one attached hydrogen (secondary N) is 2. The molecular weight excluding hydrogens is 454 g/mol. The van der Waals surface area contributed by atoms with Crippen molar-refractivity contribution in [2.75, 3.05) is 43.4 Å². The highest BCUT2D eigenvalue weighted by atomic mass is 19.1. The number of pyridine rings is 1. The van der Waals surface area contributed by atoms with Gasteiger partial charge in [0, 0.05) is 43.3 Å². The van der Waals surface area contributed by atoms with Gasteiger partial charge >= 0.3 is 0 Å². The lowest BCUT2D eigenvalue weighted by Gasteiger charge is -2.33. The van der Waals surface area contributed by atoms with Gasteiger partial charge in [0.15, 0.2) is 28.8 Å². The van der Waals surface area contributed by atoms with Crippen LogP contribution in [0.1, 0.15) is 11.3 Å². The van der Waals surface area contributed by atoms with E-state index in [-0.39, 0.29) is 33.9 Å². The molecule has 2 N–H and O–H groups in total. The first kappa shape index (κ1) is 22.5. The second-order valence-electron chi connectivity index (χ2n) is 8.34. The van der Waals surface area contributed by atoms with Crippen LogP contribution in [0.15, 0.2) is 36.8 Å². The Morgan fingerprint density at radius 3 is 2.63 bits per heavy atom. The standard InChI is InChI=1S/C24H22F2N8O/c1-14-9-16-21(26)19(10-18(25)22(16)31-14)35-24-17(11-27)23(29-13-30-24)32-20-4-3-15(12-28-20)34-7-5-33(2)6-8-34/h3-4,9-10,12-13,31H,5-8H2,1-2H3,(H,28,29,30,32). The molecule has 5 rings (SSSR count). The summed E-state index contributed by atoms with van der Waals surface area (Å²) in [6, 6.07) is 8.10. The normalized spacial score (nSPS) is 14.2. The summed E-state index contributed by atoms with van der Waals surface area (Å²) in [4.78, 5) is 19.8. The number of nitriles is 1. The van der Waals surface area contributed by atoms with Gasteiger partial charge in [-0.05, 0) is 32.2 Å². The van der Waals surface area contributed by atoms with Crippen molar-refractivity contribution >= 4 is 28.2 Å². The van der Waals surface area contributed by atoms with Gasteiger partial charge in [0.2, 0.25) is 5.88 Å². The topological polar surface area (TPSA) is 106 Å². The minimum atomic E-state index is -0.760. The summed E-state index contributed by atoms with van der Waals surface area (Å²) in [7, 11) is 2.10. The summed E-state index contributed by atoms with van der Waals surface area (Å²) in [5, 5.41) is 12.8. The molecule has 0 unspecified atom stereocenters. The third kappa shape index (κ3) is 4.43. The molecule has 178 valence electrons. The van der Waals surface area contributed by atoms with E-state index in [2.05, 4.69) is 42.1 Å². The van der Waals surface area contributed by atoms with Crippen molar-refractivity contribution in [1.82, 2.24) is 24.8 Å². The van der Waals surface area contributed by atoms with Crippen LogP contribution in [-0.4, -0.2) is 58.1 Å². The number of rotatable bonds is 5. The third-order valence-electron chi connectivity index (χ3n) is 5.90. The molecule has 0 saturated carbocycles. The minimum absolute atomic E-state index is 0.0454. The van der Waals surface area contributed by atoms with Crippen LogP contribution in [0.3, 0.4) is 0 Å². The number of likely N-dealkylation sites (N-methyl/N-ethyl adjacent to an activating group) is 1. The van der Waals surface area contributed by atoms with E-state index >= 15 is 0 Å². The second-order valence-corrected chi connectivity index (χ2v) is 8.34. The summed E-state index contributed by atoms with van der Waals surface area (Å²) >= 11 is 0. The van der Waals surface area contributed by atoms with Crippen molar-refractivity contribution in [2.24, 2.45) is 0 Å². The van der Waals surface area contributed by atoms with Gasteiger partial charge in [-0.3, -0.25) is 0 Å². The number of ether oxygens (including phenoxy) is 1. The molecule has 1 aromatic carbocycles. The molecule has 0 atom stereocenters. The smallest absolute Gasteiger partial charge is 0.242 e. The molecule has 0 aliphatic carbocycles. The number of aromatic amines is 1. The van der Waals surface area contributed by atoms with E-state index in [0.29, 0.717) is 11.5 Å². The van der Waals surface area contributed by atoms with Crippen LogP contribution in [0.2, 0.25) is 0 Å². The maximum Gasteiger partial charge on any atom is 0.242 e. The minimum Gasteiger partial charge on any atom is -0.434 e. The molecule has 0 amide bonds. The van der Waals surface area contributed by atoms with E-state index in [1.807, 2.05) is 12.1 Å². The van der Waals surface area contributed by atoms with E-state index in [0.717, 1.165) is 37.9 Å². The fraction of sp³-hybridized carbons (Fsp3) is 0.250. The Balaban J connectivity index is 1.39. The molecule has 1 aliphatic heterocycles. The SMILES string of the molecule is Cc1cc2c(F)c(Oc3ncnc(Nc4ccc(N5CCN(C)CC5)cn4)c3C#N)cc(F)c2[nH]1. The van der Waals surface area contributed by atoms with Crippen LogP contribution in [-0.2, 0) is 0 Å². The highest BCUT2D eigenvalue weighted by Crippen LogP contribution is 2.34. The zero-order valence-corrected chi connectivity index (χ0v) is 19.1. The number of H-pyrrole nitrogens is 1. The number of fused-ring (bicyclic) bond motifs is 1. The number of nitrogens with zero attached hydrogens (tertiary/aromatic N) is 6. The van der Waals surface area contributed by atoms with E-state index in [9.17, 15) is 14.0 Å². The lowest BCUT2D eigenvalue weighted by molar-refractivity contribution is 0.313. The Morgan fingerprint density at radius 1 is 1.11 bits per heavy atom. The van der Waals surface area contributed by atoms with E-state index in [1.54, 1.807) is 19.2 Å². The Labute approximate surface area is 200 Å². The quantitative estimate of drug-likeness (QED) is 0.444. The maximum absolute atomic E-state index is 15.0. The van der Waals surface area contributed by atoms with Gasteiger partial charge < -0.3 is 24.8 Å². The Kier molecular flexibility index (Phi) is 5.88. The number of benzene rings is 1. The largest absolute Gasteiger partial charge is 0.434 e. The van der Waals surface area contributed by atoms with Gasteiger partial charge in [-0.1, -0.05) is 0 Å². The van der Waals surface area contributed by atoms with Crippen molar-refractivity contribution in [2.45, 2.75) is 6.92 Å². The van der Waals surface area contributed by atoms with Crippen molar-refractivity contribution < 1.29 is 13.5 Å². The van der Waals surface area contributed by atoms with Crippen LogP contribution in [0.5, 0.6) is 11.6 Å². The van der Waals surface area contributed by atoms with Crippen molar-refractivity contribution in [3.05, 3.63) is 59.7 Å². The molecule has 11 heteroatoms. The molecule has 0 bridgehead atoms. The molecule has 4 aromatic rings. The summed E-state index contributed by atoms with van der Waals surface area (Å²) in [6.07, 6.45) is 2.93. The molecule has 0 spiro atoms. The predicted molar refractivity (Wildman–Crippen MR) is 127 cm³/mol. The first-order valence-electron chi connectivity index (χ1n) is 11.0. The molecular formula is C24H22F2N8O. The molecule has 4 heterocycles. The van der Waals surface area contributed by atoms with Crippen molar-refractivity contribution in [1.29, 1.82) is 5.26 Å². The number of piperazine rings is 1. The summed E-state index contributed by atoms with van der Waals surface area (Å²) in [5.74, 6) is -1.43. The van der Waals surface area contributed by atoms with Gasteiger partial charge in [0.05, 0.1) is 17.4 Å². The van der Waals surface area contributed by atoms with Gasteiger partial charge in [0.25, 0.3) is 0 Å². The predicted octanol–water partition coefficient (Wildman–Crippen LogP) is 4.10. The third-order valence-corrected chi connectivity index (χ3v) is 5.90. The van der Waals surface area contributed by atoms with Gasteiger partial charge in [0.1, 0.15) is 18.2 Å². The molecule has 9 nitrogen and oxygen atoms in total. The van der Waals surface area contributed by atoms with Crippen LogP contribution >= 0.6 is 0 Å². The molecule has 1 fully saturated rings. The average Bonchev–Trinajstić information content (AvgIpc) is 3.26. The molecule has 35 heavy (non-hydrogen) atoms. The number of aromatic nitrogens is 4. The molecule has 1 aliphatic rings. The van der Waals surface area contributed by atoms with E-state index in [1.165, 1.54) is 12.4 Å². The second kappa shape index (κ2) is 9.15. The van der Waals surface area contributed by atoms with Gasteiger partial charge in [-0.15, -0.1) is 0 Å². The van der Waals surface area contributed by atoms with Gasteiger partial charge in [-0.25, -0.2) is 23.7 Å². The highest BCUT2D eigenvalue weighted by Gasteiger charge is 2.20. The first-order chi connectivity index (χ1) is 16.9. The summed E-state index contributed by atoms with van der Waals surface area (Å²) in [5.41, 5.74) is 1.59. The van der Waals surface area contributed by atoms with Crippen molar-refractivity contribution in [3.63, 3.8) is 0 Å². The lowest BCUT2D eigenvalue weighted by atomic mass is 10.2. The molecule has 0 radical (unpaired) electrons. The van der Waals surface area contributed by atoms with Crippen LogP contribution in [0, 0.1) is 29.9 Å². The number of hydrogen-bond donors (Lipinski definition) is 2. The number of anilines is 3. The fourth-order valence-corrected chi connectivity index (χ4v) is 3.99. The Bertz CT molecular complexity index is 1420. The number of hydrogen-bond acceptors (Lipinski definition) is 8. The van der Waals surface area contributed by atoms with Crippen LogP contribution in [0.25, 0.3) is 10.9 Å². The first-order valence-corrected chi connectivity index (χ1v) is 11.0. The van der Waals surface area contributed by atoms with E-state index in [4.69, 9.17) is 4.74 Å². The van der Waals surface area contributed by atoms with Crippen molar-refractivity contribution in [3.8, 4) is 17.7 Å².